The molecule has 0 atom stereocenters. The van der Waals surface area contributed by atoms with Crippen molar-refractivity contribution >= 4 is 28.2 Å². The van der Waals surface area contributed by atoms with Gasteiger partial charge in [0.15, 0.2) is 0 Å². The Kier molecular flexibility index (Phi) is 4.27. The highest BCUT2D eigenvalue weighted by atomic mass is 32.1. The molecule has 0 saturated carbocycles. The standard InChI is InChI=1S/C33H20S/c34-33-29-19-9-7-17-27(29)32(28-18-8-10-20-30(28)33)31-25-15-5-3-13-23(25)21-11-1-2-12-22(21)24-14-4-6-16-26(24)31/h1-20H. The van der Waals surface area contributed by atoms with Crippen LogP contribution in [0.5, 0.6) is 0 Å². The summed E-state index contributed by atoms with van der Waals surface area (Å²) in [4.78, 5) is 0.925. The SMILES string of the molecule is S=C1c2ccccc2C(=C2c3ccccc3-c3ccccc3-c3ccccc32)c2ccccc21. The Labute approximate surface area is 204 Å². The highest BCUT2D eigenvalue weighted by Gasteiger charge is 2.30. The highest BCUT2D eigenvalue weighted by molar-refractivity contribution is 7.81. The Morgan fingerprint density at radius 2 is 0.471 bits per heavy atom. The van der Waals surface area contributed by atoms with Crippen molar-refractivity contribution in [2.24, 2.45) is 0 Å². The normalized spacial score (nSPS) is 13.2. The predicted octanol–water partition coefficient (Wildman–Crippen LogP) is 8.42. The maximum Gasteiger partial charge on any atom is 0.0534 e. The lowest BCUT2D eigenvalue weighted by Crippen LogP contribution is -2.14. The zero-order valence-electron chi connectivity index (χ0n) is 18.5. The van der Waals surface area contributed by atoms with E-state index in [4.69, 9.17) is 12.2 Å². The summed E-state index contributed by atoms with van der Waals surface area (Å²) in [6.45, 7) is 0. The average molecular weight is 449 g/mol. The summed E-state index contributed by atoms with van der Waals surface area (Å²) >= 11 is 5.99. The van der Waals surface area contributed by atoms with Crippen molar-refractivity contribution < 1.29 is 0 Å². The van der Waals surface area contributed by atoms with Gasteiger partial charge in [-0.25, -0.2) is 0 Å². The molecule has 0 radical (unpaired) electrons. The molecule has 0 spiro atoms. The van der Waals surface area contributed by atoms with E-state index in [9.17, 15) is 0 Å². The van der Waals surface area contributed by atoms with Gasteiger partial charge in [0.2, 0.25) is 0 Å². The van der Waals surface area contributed by atoms with Crippen molar-refractivity contribution in [2.45, 2.75) is 0 Å². The molecule has 0 N–H and O–H groups in total. The van der Waals surface area contributed by atoms with E-state index in [0.29, 0.717) is 0 Å². The molecule has 7 rings (SSSR count). The second-order valence-electron chi connectivity index (χ2n) is 8.81. The quantitative estimate of drug-likeness (QED) is 0.210. The Hall–Kier alpha value is -4.07. The molecular formula is C33H20S. The first-order valence-corrected chi connectivity index (χ1v) is 12.0. The molecule has 1 heteroatoms. The zero-order chi connectivity index (χ0) is 22.6. The number of thiocarbonyl (C=S) groups is 1. The average Bonchev–Trinajstić information content (AvgIpc) is 3.03. The van der Waals surface area contributed by atoms with Gasteiger partial charge >= 0.3 is 0 Å². The fraction of sp³-hybridized carbons (Fsp3) is 0. The summed E-state index contributed by atoms with van der Waals surface area (Å²) in [5.74, 6) is 0. The Morgan fingerprint density at radius 1 is 0.265 bits per heavy atom. The van der Waals surface area contributed by atoms with Crippen molar-refractivity contribution in [3.05, 3.63) is 155 Å². The lowest BCUT2D eigenvalue weighted by atomic mass is 9.76. The van der Waals surface area contributed by atoms with Crippen LogP contribution in [0.4, 0.5) is 0 Å². The number of fused-ring (bicyclic) bond motifs is 7. The Morgan fingerprint density at radius 3 is 0.794 bits per heavy atom. The van der Waals surface area contributed by atoms with Crippen LogP contribution in [0.15, 0.2) is 121 Å². The number of hydrogen-bond donors (Lipinski definition) is 0. The van der Waals surface area contributed by atoms with Crippen LogP contribution < -0.4 is 0 Å². The molecule has 2 aliphatic carbocycles. The smallest absolute Gasteiger partial charge is 0.0534 e. The summed E-state index contributed by atoms with van der Waals surface area (Å²) in [6.07, 6.45) is 0. The van der Waals surface area contributed by atoms with Crippen LogP contribution in [0, 0.1) is 0 Å². The summed E-state index contributed by atoms with van der Waals surface area (Å²) in [5.41, 5.74) is 14.8. The molecule has 5 aromatic rings. The second kappa shape index (κ2) is 7.48. The minimum absolute atomic E-state index is 0.925. The highest BCUT2D eigenvalue weighted by Crippen LogP contribution is 2.50. The van der Waals surface area contributed by atoms with E-state index in [2.05, 4.69) is 121 Å². The second-order valence-corrected chi connectivity index (χ2v) is 9.22. The Balaban J connectivity index is 1.73. The van der Waals surface area contributed by atoms with Crippen LogP contribution in [0.25, 0.3) is 33.4 Å². The van der Waals surface area contributed by atoms with E-state index < -0.39 is 0 Å². The Bertz CT molecular complexity index is 1550. The van der Waals surface area contributed by atoms with Crippen molar-refractivity contribution in [3.63, 3.8) is 0 Å². The van der Waals surface area contributed by atoms with E-state index in [1.807, 2.05) is 0 Å². The third-order valence-corrected chi connectivity index (χ3v) is 7.47. The zero-order valence-corrected chi connectivity index (χ0v) is 19.3. The van der Waals surface area contributed by atoms with Gasteiger partial charge in [-0.15, -0.1) is 0 Å². The van der Waals surface area contributed by atoms with Gasteiger partial charge < -0.3 is 0 Å². The van der Waals surface area contributed by atoms with Crippen molar-refractivity contribution in [1.82, 2.24) is 0 Å². The molecule has 158 valence electrons. The fourth-order valence-electron chi connectivity index (χ4n) is 5.60. The van der Waals surface area contributed by atoms with E-state index in [-0.39, 0.29) is 0 Å². The molecule has 0 aliphatic heterocycles. The van der Waals surface area contributed by atoms with Crippen LogP contribution in [0.3, 0.4) is 0 Å². The fourth-order valence-corrected chi connectivity index (χ4v) is 5.95. The molecule has 2 aliphatic rings. The molecule has 0 fully saturated rings. The summed E-state index contributed by atoms with van der Waals surface area (Å²) in [7, 11) is 0. The minimum Gasteiger partial charge on any atom is -0.0787 e. The van der Waals surface area contributed by atoms with E-state index >= 15 is 0 Å². The summed E-state index contributed by atoms with van der Waals surface area (Å²) in [5, 5.41) is 0. The topological polar surface area (TPSA) is 0 Å². The predicted molar refractivity (Wildman–Crippen MR) is 146 cm³/mol. The third kappa shape index (κ3) is 2.68. The molecule has 34 heavy (non-hydrogen) atoms. The molecule has 0 bridgehead atoms. The molecule has 0 nitrogen and oxygen atoms in total. The lowest BCUT2D eigenvalue weighted by Gasteiger charge is -2.27. The van der Waals surface area contributed by atoms with Gasteiger partial charge in [-0.05, 0) is 55.7 Å². The lowest BCUT2D eigenvalue weighted by molar-refractivity contribution is 1.46. The molecule has 0 heterocycles. The van der Waals surface area contributed by atoms with Gasteiger partial charge in [0.25, 0.3) is 0 Å². The number of benzene rings is 5. The van der Waals surface area contributed by atoms with Crippen LogP contribution in [-0.2, 0) is 0 Å². The van der Waals surface area contributed by atoms with Crippen LogP contribution >= 0.6 is 12.2 Å². The van der Waals surface area contributed by atoms with Crippen LogP contribution in [0.1, 0.15) is 33.4 Å². The van der Waals surface area contributed by atoms with Crippen LogP contribution in [-0.4, -0.2) is 4.86 Å². The van der Waals surface area contributed by atoms with E-state index in [1.165, 1.54) is 55.7 Å². The van der Waals surface area contributed by atoms with Crippen molar-refractivity contribution in [3.8, 4) is 22.3 Å². The molecule has 0 amide bonds. The van der Waals surface area contributed by atoms with Gasteiger partial charge in [0.05, 0.1) is 4.86 Å². The molecule has 0 aromatic heterocycles. The maximum atomic E-state index is 5.99. The summed E-state index contributed by atoms with van der Waals surface area (Å²) < 4.78 is 0. The minimum atomic E-state index is 0.925. The first-order valence-electron chi connectivity index (χ1n) is 11.6. The van der Waals surface area contributed by atoms with Gasteiger partial charge in [-0.3, -0.25) is 0 Å². The van der Waals surface area contributed by atoms with E-state index in [0.717, 1.165) is 16.0 Å². The molecule has 5 aromatic carbocycles. The van der Waals surface area contributed by atoms with Crippen molar-refractivity contribution in [2.75, 3.05) is 0 Å². The largest absolute Gasteiger partial charge is 0.0787 e. The first-order chi connectivity index (χ1) is 16.8. The number of rotatable bonds is 0. The van der Waals surface area contributed by atoms with Gasteiger partial charge in [0.1, 0.15) is 0 Å². The third-order valence-electron chi connectivity index (χ3n) is 7.03. The van der Waals surface area contributed by atoms with E-state index in [1.54, 1.807) is 0 Å². The van der Waals surface area contributed by atoms with Gasteiger partial charge in [-0.1, -0.05) is 134 Å². The van der Waals surface area contributed by atoms with Gasteiger partial charge in [-0.2, -0.15) is 0 Å². The maximum absolute atomic E-state index is 5.99. The molecular weight excluding hydrogens is 428 g/mol. The van der Waals surface area contributed by atoms with Crippen LogP contribution in [0.2, 0.25) is 0 Å². The first kappa shape index (κ1) is 19.4. The number of hydrogen-bond acceptors (Lipinski definition) is 1. The van der Waals surface area contributed by atoms with Gasteiger partial charge in [0, 0.05) is 11.1 Å². The summed E-state index contributed by atoms with van der Waals surface area (Å²) in [6, 6.07) is 43.6. The molecule has 0 unspecified atom stereocenters. The monoisotopic (exact) mass is 448 g/mol. The molecule has 0 saturated heterocycles. The van der Waals surface area contributed by atoms with Crippen molar-refractivity contribution in [1.29, 1.82) is 0 Å².